The minimum absolute atomic E-state index is 0.104. The molecule has 0 aliphatic heterocycles. The highest BCUT2D eigenvalue weighted by molar-refractivity contribution is 6.35. The van der Waals surface area contributed by atoms with Gasteiger partial charge in [0.15, 0.2) is 0 Å². The molecule has 1 aromatic carbocycles. The first kappa shape index (κ1) is 15.0. The van der Waals surface area contributed by atoms with E-state index in [1.165, 1.54) is 0 Å². The highest BCUT2D eigenvalue weighted by atomic mass is 19.4. The standard InChI is InChI=1S/C10H5F6NO2/c11-9(12,13)6-1-5(8(18)4-17-19)2-7(3-6)10(14,15)16/h1-4,19H/b17-4+. The van der Waals surface area contributed by atoms with Gasteiger partial charge >= 0.3 is 12.4 Å². The molecule has 0 fully saturated rings. The first-order valence-corrected chi connectivity index (χ1v) is 4.57. The Kier molecular flexibility index (Phi) is 3.87. The van der Waals surface area contributed by atoms with Crippen molar-refractivity contribution < 1.29 is 36.3 Å². The molecule has 0 saturated heterocycles. The Hall–Kier alpha value is -2.06. The second kappa shape index (κ2) is 4.90. The molecule has 1 N–H and O–H groups in total. The summed E-state index contributed by atoms with van der Waals surface area (Å²) in [4.78, 5) is 11.2. The van der Waals surface area contributed by atoms with E-state index in [9.17, 15) is 31.1 Å². The highest BCUT2D eigenvalue weighted by Crippen LogP contribution is 2.36. The number of nitrogens with zero attached hydrogens (tertiary/aromatic N) is 1. The lowest BCUT2D eigenvalue weighted by Crippen LogP contribution is -2.13. The summed E-state index contributed by atoms with van der Waals surface area (Å²) in [5, 5.41) is 10.3. The van der Waals surface area contributed by atoms with Crippen molar-refractivity contribution in [3.63, 3.8) is 0 Å². The van der Waals surface area contributed by atoms with Crippen molar-refractivity contribution in [2.75, 3.05) is 0 Å². The first-order valence-electron chi connectivity index (χ1n) is 4.57. The molecule has 0 aliphatic rings. The van der Waals surface area contributed by atoms with Gasteiger partial charge in [-0.25, -0.2) is 0 Å². The van der Waals surface area contributed by atoms with Crippen molar-refractivity contribution in [2.24, 2.45) is 5.16 Å². The van der Waals surface area contributed by atoms with Gasteiger partial charge in [-0.2, -0.15) is 26.3 Å². The molecule has 0 unspecified atom stereocenters. The number of rotatable bonds is 2. The smallest absolute Gasteiger partial charge is 0.411 e. The molecule has 0 aliphatic carbocycles. The number of halogens is 6. The zero-order chi connectivity index (χ0) is 14.8. The molecular weight excluding hydrogens is 280 g/mol. The number of hydrogen-bond acceptors (Lipinski definition) is 3. The summed E-state index contributed by atoms with van der Waals surface area (Å²) < 4.78 is 74.5. The Balaban J connectivity index is 3.45. The van der Waals surface area contributed by atoms with Crippen molar-refractivity contribution in [1.82, 2.24) is 0 Å². The van der Waals surface area contributed by atoms with Crippen LogP contribution in [0.3, 0.4) is 0 Å². The summed E-state index contributed by atoms with van der Waals surface area (Å²) in [5.74, 6) is -1.28. The second-order valence-electron chi connectivity index (χ2n) is 3.40. The summed E-state index contributed by atoms with van der Waals surface area (Å²) >= 11 is 0. The van der Waals surface area contributed by atoms with Crippen LogP contribution in [0.1, 0.15) is 21.5 Å². The maximum Gasteiger partial charge on any atom is 0.416 e. The molecule has 9 heteroatoms. The van der Waals surface area contributed by atoms with Gasteiger partial charge in [0, 0.05) is 5.56 Å². The van der Waals surface area contributed by atoms with Gasteiger partial charge in [0.05, 0.1) is 11.1 Å². The van der Waals surface area contributed by atoms with Crippen LogP contribution in [0.25, 0.3) is 0 Å². The fourth-order valence-corrected chi connectivity index (χ4v) is 1.22. The average molecular weight is 285 g/mol. The van der Waals surface area contributed by atoms with Crippen LogP contribution in [0.15, 0.2) is 23.4 Å². The quantitative estimate of drug-likeness (QED) is 0.298. The fourth-order valence-electron chi connectivity index (χ4n) is 1.22. The van der Waals surface area contributed by atoms with Crippen LogP contribution in [0.4, 0.5) is 26.3 Å². The lowest BCUT2D eigenvalue weighted by atomic mass is 10.0. The van der Waals surface area contributed by atoms with E-state index in [2.05, 4.69) is 5.16 Å². The number of Topliss-reactive ketones (excluding diaryl/α,β-unsaturated/α-hetero) is 1. The van der Waals surface area contributed by atoms with E-state index in [4.69, 9.17) is 5.21 Å². The number of oxime groups is 1. The van der Waals surface area contributed by atoms with Crippen LogP contribution in [-0.2, 0) is 12.4 Å². The summed E-state index contributed by atoms with van der Waals surface area (Å²) in [6.07, 6.45) is -9.87. The van der Waals surface area contributed by atoms with Crippen LogP contribution in [0.2, 0.25) is 0 Å². The topological polar surface area (TPSA) is 49.7 Å². The monoisotopic (exact) mass is 285 g/mol. The van der Waals surface area contributed by atoms with E-state index in [0.717, 1.165) is 0 Å². The van der Waals surface area contributed by atoms with Crippen LogP contribution >= 0.6 is 0 Å². The largest absolute Gasteiger partial charge is 0.416 e. The molecule has 0 bridgehead atoms. The van der Waals surface area contributed by atoms with Crippen molar-refractivity contribution >= 4 is 12.0 Å². The Labute approximate surface area is 102 Å². The van der Waals surface area contributed by atoms with Crippen molar-refractivity contribution in [3.8, 4) is 0 Å². The lowest BCUT2D eigenvalue weighted by Gasteiger charge is -2.12. The number of carbonyl (C=O) groups is 1. The van der Waals surface area contributed by atoms with Crippen molar-refractivity contribution in [2.45, 2.75) is 12.4 Å². The Morgan fingerprint density at radius 2 is 1.42 bits per heavy atom. The normalized spacial score (nSPS) is 12.9. The van der Waals surface area contributed by atoms with E-state index in [1.54, 1.807) is 0 Å². The number of hydrogen-bond donors (Lipinski definition) is 1. The molecule has 1 aromatic rings. The van der Waals surface area contributed by atoms with E-state index < -0.39 is 34.8 Å². The van der Waals surface area contributed by atoms with Gasteiger partial charge in [0.25, 0.3) is 0 Å². The zero-order valence-corrected chi connectivity index (χ0v) is 8.88. The predicted molar refractivity (Wildman–Crippen MR) is 51.1 cm³/mol. The number of benzene rings is 1. The van der Waals surface area contributed by atoms with Crippen LogP contribution in [0.5, 0.6) is 0 Å². The number of ketones is 1. The van der Waals surface area contributed by atoms with Crippen molar-refractivity contribution in [1.29, 1.82) is 0 Å². The lowest BCUT2D eigenvalue weighted by molar-refractivity contribution is -0.143. The van der Waals surface area contributed by atoms with Gasteiger partial charge in [-0.05, 0) is 18.2 Å². The van der Waals surface area contributed by atoms with E-state index in [1.807, 2.05) is 0 Å². The van der Waals surface area contributed by atoms with Gasteiger partial charge in [0.1, 0.15) is 6.21 Å². The average Bonchev–Trinajstić information content (AvgIpc) is 2.26. The molecule has 1 rings (SSSR count). The SMILES string of the molecule is O=C(/C=N/O)c1cc(C(F)(F)F)cc(C(F)(F)F)c1. The molecular formula is C10H5F6NO2. The third kappa shape index (κ3) is 3.70. The van der Waals surface area contributed by atoms with Gasteiger partial charge in [0.2, 0.25) is 5.78 Å². The molecule has 0 radical (unpaired) electrons. The molecule has 0 saturated carbocycles. The number of carbonyl (C=O) groups excluding carboxylic acids is 1. The summed E-state index contributed by atoms with van der Waals surface area (Å²) in [5.41, 5.74) is -4.10. The summed E-state index contributed by atoms with van der Waals surface area (Å²) in [7, 11) is 0. The molecule has 0 aromatic heterocycles. The third-order valence-corrected chi connectivity index (χ3v) is 2.05. The third-order valence-electron chi connectivity index (χ3n) is 2.05. The van der Waals surface area contributed by atoms with Crippen molar-refractivity contribution in [3.05, 3.63) is 34.9 Å². The van der Waals surface area contributed by atoms with Gasteiger partial charge < -0.3 is 5.21 Å². The van der Waals surface area contributed by atoms with E-state index >= 15 is 0 Å². The summed E-state index contributed by atoms with van der Waals surface area (Å²) in [6.45, 7) is 0. The molecule has 3 nitrogen and oxygen atoms in total. The van der Waals surface area contributed by atoms with E-state index in [0.29, 0.717) is 0 Å². The minimum Gasteiger partial charge on any atom is -0.411 e. The predicted octanol–water partition coefficient (Wildman–Crippen LogP) is 3.37. The minimum atomic E-state index is -5.04. The molecule has 0 amide bonds. The Morgan fingerprint density at radius 3 is 1.74 bits per heavy atom. The molecule has 0 heterocycles. The number of alkyl halides is 6. The molecule has 0 spiro atoms. The van der Waals surface area contributed by atoms with Gasteiger partial charge in [-0.1, -0.05) is 5.16 Å². The van der Waals surface area contributed by atoms with Crippen LogP contribution in [0, 0.1) is 0 Å². The van der Waals surface area contributed by atoms with Gasteiger partial charge in [-0.15, -0.1) is 0 Å². The summed E-state index contributed by atoms with van der Waals surface area (Å²) in [6, 6.07) is 0.394. The molecule has 0 atom stereocenters. The zero-order valence-electron chi connectivity index (χ0n) is 8.88. The second-order valence-corrected chi connectivity index (χ2v) is 3.40. The highest BCUT2D eigenvalue weighted by Gasteiger charge is 2.37. The van der Waals surface area contributed by atoms with Crippen LogP contribution in [-0.4, -0.2) is 17.2 Å². The Morgan fingerprint density at radius 1 is 1.00 bits per heavy atom. The maximum atomic E-state index is 12.4. The van der Waals surface area contributed by atoms with E-state index in [-0.39, 0.29) is 24.4 Å². The maximum absolute atomic E-state index is 12.4. The fraction of sp³-hybridized carbons (Fsp3) is 0.200. The molecule has 19 heavy (non-hydrogen) atoms. The van der Waals surface area contributed by atoms with Gasteiger partial charge in [-0.3, -0.25) is 4.79 Å². The van der Waals surface area contributed by atoms with Crippen LogP contribution < -0.4 is 0 Å². The first-order chi connectivity index (χ1) is 8.55. The molecule has 104 valence electrons. The Bertz CT molecular complexity index is 485.